The maximum Gasteiger partial charge on any atom is 0.303 e. The topological polar surface area (TPSA) is 101 Å². The van der Waals surface area contributed by atoms with Gasteiger partial charge < -0.3 is 15.7 Å². The third-order valence-corrected chi connectivity index (χ3v) is 6.33. The Balaban J connectivity index is 1.99. The highest BCUT2D eigenvalue weighted by Crippen LogP contribution is 2.29. The van der Waals surface area contributed by atoms with Crippen molar-refractivity contribution in [2.75, 3.05) is 0 Å². The predicted octanol–water partition coefficient (Wildman–Crippen LogP) is 5.12. The van der Waals surface area contributed by atoms with Crippen LogP contribution in [0.25, 0.3) is 11.1 Å². The van der Waals surface area contributed by atoms with Gasteiger partial charge in [-0.25, -0.2) is 8.78 Å². The zero-order chi connectivity index (χ0) is 27.3. The number of carboxylic acid groups (broad SMARTS) is 1. The van der Waals surface area contributed by atoms with Gasteiger partial charge in [0.2, 0.25) is 5.91 Å². The summed E-state index contributed by atoms with van der Waals surface area (Å²) in [6, 6.07) is 16.0. The molecule has 6 nitrogen and oxygen atoms in total. The van der Waals surface area contributed by atoms with E-state index in [0.29, 0.717) is 16.7 Å². The number of amides is 2. The second-order valence-corrected chi connectivity index (χ2v) is 9.68. The molecule has 194 valence electrons. The molecule has 0 bridgehead atoms. The first-order valence-corrected chi connectivity index (χ1v) is 11.8. The van der Waals surface area contributed by atoms with Gasteiger partial charge in [0, 0.05) is 17.5 Å². The van der Waals surface area contributed by atoms with Gasteiger partial charge in [0.05, 0.1) is 0 Å². The number of benzene rings is 3. The molecule has 0 unspecified atom stereocenters. The molecule has 0 heterocycles. The summed E-state index contributed by atoms with van der Waals surface area (Å²) in [5.74, 6) is -3.20. The van der Waals surface area contributed by atoms with Crippen LogP contribution in [-0.2, 0) is 16.0 Å². The number of carboxylic acids is 1. The molecule has 1 atom stereocenters. The Morgan fingerprint density at radius 2 is 1.54 bits per heavy atom. The van der Waals surface area contributed by atoms with E-state index in [2.05, 4.69) is 0 Å². The Labute approximate surface area is 214 Å². The summed E-state index contributed by atoms with van der Waals surface area (Å²) in [6.45, 7) is 5.16. The minimum Gasteiger partial charge on any atom is -0.481 e. The number of aliphatic carboxylic acids is 1. The van der Waals surface area contributed by atoms with Crippen LogP contribution in [0.5, 0.6) is 0 Å². The number of rotatable bonds is 10. The van der Waals surface area contributed by atoms with Crippen molar-refractivity contribution in [1.29, 1.82) is 0 Å². The molecular formula is C29H30F2N2O4. The third-order valence-electron chi connectivity index (χ3n) is 6.33. The first kappa shape index (κ1) is 27.5. The van der Waals surface area contributed by atoms with Crippen molar-refractivity contribution < 1.29 is 28.3 Å². The largest absolute Gasteiger partial charge is 0.481 e. The van der Waals surface area contributed by atoms with Gasteiger partial charge in [-0.3, -0.25) is 14.4 Å². The van der Waals surface area contributed by atoms with E-state index >= 15 is 0 Å². The van der Waals surface area contributed by atoms with Crippen molar-refractivity contribution in [2.45, 2.75) is 51.6 Å². The lowest BCUT2D eigenvalue weighted by Crippen LogP contribution is -2.58. The molecule has 0 fully saturated rings. The first-order chi connectivity index (χ1) is 17.4. The molecule has 8 heteroatoms. The second kappa shape index (κ2) is 11.3. The van der Waals surface area contributed by atoms with Gasteiger partial charge in [0.1, 0.15) is 17.7 Å². The molecule has 0 aliphatic rings. The van der Waals surface area contributed by atoms with E-state index in [4.69, 9.17) is 5.73 Å². The van der Waals surface area contributed by atoms with Gasteiger partial charge in [-0.1, -0.05) is 36.4 Å². The summed E-state index contributed by atoms with van der Waals surface area (Å²) in [7, 11) is 0. The smallest absolute Gasteiger partial charge is 0.303 e. The molecule has 2 amide bonds. The Bertz CT molecular complexity index is 1290. The number of hydrogen-bond acceptors (Lipinski definition) is 3. The third kappa shape index (κ3) is 6.78. The van der Waals surface area contributed by atoms with Crippen molar-refractivity contribution in [3.05, 3.63) is 95.1 Å². The molecule has 3 aromatic rings. The molecule has 0 aliphatic carbocycles. The zero-order valence-electron chi connectivity index (χ0n) is 21.0. The number of nitrogens with zero attached hydrogens (tertiary/aromatic N) is 1. The fraction of sp³-hybridized carbons (Fsp3) is 0.276. The number of carbonyl (C=O) groups excluding carboxylic acids is 2. The van der Waals surface area contributed by atoms with Crippen LogP contribution in [0.1, 0.15) is 48.2 Å². The fourth-order valence-electron chi connectivity index (χ4n) is 4.40. The Morgan fingerprint density at radius 1 is 0.946 bits per heavy atom. The fourth-order valence-corrected chi connectivity index (χ4v) is 4.40. The monoisotopic (exact) mass is 508 g/mol. The summed E-state index contributed by atoms with van der Waals surface area (Å²) in [6.07, 6.45) is -0.261. The minimum absolute atomic E-state index is 0.163. The SMILES string of the molecule is Cc1ccc(-c2ccc(C(=O)N([C@@H](CCC(=O)O)C(N)=O)C(C)(C)Cc3ccc(F)cc3)cc2)cc1F. The number of halogens is 2. The highest BCUT2D eigenvalue weighted by molar-refractivity contribution is 5.98. The predicted molar refractivity (Wildman–Crippen MR) is 137 cm³/mol. The molecule has 0 saturated carbocycles. The van der Waals surface area contributed by atoms with Crippen LogP contribution >= 0.6 is 0 Å². The van der Waals surface area contributed by atoms with Crippen molar-refractivity contribution in [3.63, 3.8) is 0 Å². The molecule has 3 rings (SSSR count). The van der Waals surface area contributed by atoms with Gasteiger partial charge in [-0.05, 0) is 86.2 Å². The zero-order valence-corrected chi connectivity index (χ0v) is 21.0. The average Bonchev–Trinajstić information content (AvgIpc) is 2.84. The average molecular weight is 509 g/mol. The van der Waals surface area contributed by atoms with E-state index in [0.717, 1.165) is 5.56 Å². The molecule has 0 radical (unpaired) electrons. The number of hydrogen-bond donors (Lipinski definition) is 2. The lowest BCUT2D eigenvalue weighted by Gasteiger charge is -2.43. The maximum absolute atomic E-state index is 14.0. The van der Waals surface area contributed by atoms with Crippen LogP contribution in [0, 0.1) is 18.6 Å². The molecule has 0 saturated heterocycles. The van der Waals surface area contributed by atoms with Crippen LogP contribution in [0.4, 0.5) is 8.78 Å². The minimum atomic E-state index is -1.19. The number of aryl methyl sites for hydroxylation is 1. The van der Waals surface area contributed by atoms with Crippen molar-refractivity contribution >= 4 is 17.8 Å². The summed E-state index contributed by atoms with van der Waals surface area (Å²) >= 11 is 0. The Hall–Kier alpha value is -4.07. The van der Waals surface area contributed by atoms with Crippen LogP contribution in [0.3, 0.4) is 0 Å². The van der Waals surface area contributed by atoms with E-state index in [1.807, 2.05) is 0 Å². The summed E-state index contributed by atoms with van der Waals surface area (Å²) in [5.41, 5.74) is 7.52. The highest BCUT2D eigenvalue weighted by atomic mass is 19.1. The van der Waals surface area contributed by atoms with Gasteiger partial charge in [0.25, 0.3) is 5.91 Å². The summed E-state index contributed by atoms with van der Waals surface area (Å²) in [5, 5.41) is 9.20. The lowest BCUT2D eigenvalue weighted by atomic mass is 9.89. The first-order valence-electron chi connectivity index (χ1n) is 11.8. The van der Waals surface area contributed by atoms with Crippen molar-refractivity contribution in [3.8, 4) is 11.1 Å². The van der Waals surface area contributed by atoms with E-state index in [9.17, 15) is 28.3 Å². The van der Waals surface area contributed by atoms with Gasteiger partial charge in [-0.15, -0.1) is 0 Å². The normalized spacial score (nSPS) is 12.1. The summed E-state index contributed by atoms with van der Waals surface area (Å²) < 4.78 is 27.5. The van der Waals surface area contributed by atoms with E-state index in [1.165, 1.54) is 23.1 Å². The Kier molecular flexibility index (Phi) is 8.42. The standard InChI is InChI=1S/C29H30F2N2O4/c1-18-4-7-22(16-24(18)31)20-8-10-21(11-9-20)28(37)33(25(27(32)36)14-15-26(34)35)29(2,3)17-19-5-12-23(30)13-6-19/h4-13,16,25H,14-15,17H2,1-3H3,(H2,32,36)(H,34,35)/t25-/m0/s1. The van der Waals surface area contributed by atoms with E-state index in [-0.39, 0.29) is 30.6 Å². The second-order valence-electron chi connectivity index (χ2n) is 9.68. The van der Waals surface area contributed by atoms with Gasteiger partial charge in [-0.2, -0.15) is 0 Å². The van der Waals surface area contributed by atoms with Crippen LogP contribution in [0.15, 0.2) is 66.7 Å². The van der Waals surface area contributed by atoms with Gasteiger partial charge >= 0.3 is 5.97 Å². The molecule has 3 N–H and O–H groups in total. The molecule has 37 heavy (non-hydrogen) atoms. The molecule has 0 aromatic heterocycles. The van der Waals surface area contributed by atoms with Crippen LogP contribution < -0.4 is 5.73 Å². The quantitative estimate of drug-likeness (QED) is 0.397. The maximum atomic E-state index is 14.0. The highest BCUT2D eigenvalue weighted by Gasteiger charge is 2.39. The summed E-state index contributed by atoms with van der Waals surface area (Å²) in [4.78, 5) is 38.9. The lowest BCUT2D eigenvalue weighted by molar-refractivity contribution is -0.137. The number of primary amides is 1. The molecule has 0 aliphatic heterocycles. The van der Waals surface area contributed by atoms with Crippen LogP contribution in [-0.4, -0.2) is 39.4 Å². The Morgan fingerprint density at radius 3 is 2.08 bits per heavy atom. The molecular weight excluding hydrogens is 478 g/mol. The molecule has 3 aromatic carbocycles. The van der Waals surface area contributed by atoms with Crippen molar-refractivity contribution in [1.82, 2.24) is 4.90 Å². The van der Waals surface area contributed by atoms with E-state index in [1.54, 1.807) is 69.3 Å². The number of nitrogens with two attached hydrogens (primary N) is 1. The van der Waals surface area contributed by atoms with Crippen LogP contribution in [0.2, 0.25) is 0 Å². The van der Waals surface area contributed by atoms with E-state index < -0.39 is 35.2 Å². The molecule has 0 spiro atoms. The number of carbonyl (C=O) groups is 3. The van der Waals surface area contributed by atoms with Crippen molar-refractivity contribution in [2.24, 2.45) is 5.73 Å². The van der Waals surface area contributed by atoms with Gasteiger partial charge in [0.15, 0.2) is 0 Å².